The Labute approximate surface area is 157 Å². The maximum Gasteiger partial charge on any atom is 0.242 e. The SMILES string of the molecule is O=S(=O)(NC[C@H](c1ccccc1)N1CCOCC1)c1ccc(F)cc1Cl. The van der Waals surface area contributed by atoms with Crippen LogP contribution in [0.5, 0.6) is 0 Å². The van der Waals surface area contributed by atoms with Crippen LogP contribution in [0.15, 0.2) is 53.4 Å². The second-order valence-electron chi connectivity index (χ2n) is 6.00. The van der Waals surface area contributed by atoms with Gasteiger partial charge in [-0.2, -0.15) is 0 Å². The Hall–Kier alpha value is -1.51. The van der Waals surface area contributed by atoms with Crippen molar-refractivity contribution >= 4 is 21.6 Å². The first-order valence-electron chi connectivity index (χ1n) is 8.29. The molecule has 0 saturated carbocycles. The lowest BCUT2D eigenvalue weighted by Crippen LogP contribution is -2.43. The fourth-order valence-electron chi connectivity index (χ4n) is 2.98. The van der Waals surface area contributed by atoms with Crippen molar-refractivity contribution in [2.75, 3.05) is 32.8 Å². The number of hydrogen-bond donors (Lipinski definition) is 1. The summed E-state index contributed by atoms with van der Waals surface area (Å²) in [5.41, 5.74) is 1.02. The van der Waals surface area contributed by atoms with Crippen molar-refractivity contribution in [2.45, 2.75) is 10.9 Å². The van der Waals surface area contributed by atoms with Crippen LogP contribution < -0.4 is 4.72 Å². The first-order chi connectivity index (χ1) is 12.5. The Bertz CT molecular complexity index is 843. The second-order valence-corrected chi connectivity index (χ2v) is 8.14. The number of rotatable bonds is 6. The van der Waals surface area contributed by atoms with E-state index in [1.54, 1.807) is 0 Å². The zero-order chi connectivity index (χ0) is 18.6. The molecule has 140 valence electrons. The van der Waals surface area contributed by atoms with Gasteiger partial charge in [-0.05, 0) is 23.8 Å². The molecule has 2 aromatic rings. The van der Waals surface area contributed by atoms with E-state index in [0.29, 0.717) is 13.2 Å². The molecule has 0 spiro atoms. The van der Waals surface area contributed by atoms with E-state index in [9.17, 15) is 12.8 Å². The Morgan fingerprint density at radius 3 is 2.50 bits per heavy atom. The third-order valence-corrected chi connectivity index (χ3v) is 6.23. The summed E-state index contributed by atoms with van der Waals surface area (Å²) in [6.45, 7) is 2.84. The van der Waals surface area contributed by atoms with E-state index < -0.39 is 15.8 Å². The summed E-state index contributed by atoms with van der Waals surface area (Å²) < 4.78 is 46.4. The Morgan fingerprint density at radius 2 is 1.85 bits per heavy atom. The van der Waals surface area contributed by atoms with Gasteiger partial charge in [0, 0.05) is 25.7 Å². The van der Waals surface area contributed by atoms with Gasteiger partial charge >= 0.3 is 0 Å². The maximum absolute atomic E-state index is 13.2. The number of benzene rings is 2. The summed E-state index contributed by atoms with van der Waals surface area (Å²) in [5.74, 6) is -0.579. The number of nitrogens with zero attached hydrogens (tertiary/aromatic N) is 1. The number of sulfonamides is 1. The molecule has 26 heavy (non-hydrogen) atoms. The summed E-state index contributed by atoms with van der Waals surface area (Å²) in [4.78, 5) is 2.06. The van der Waals surface area contributed by atoms with E-state index in [4.69, 9.17) is 16.3 Å². The first kappa shape index (κ1) is 19.3. The third kappa shape index (κ3) is 4.61. The molecule has 0 unspecified atom stereocenters. The number of nitrogens with one attached hydrogen (secondary N) is 1. The van der Waals surface area contributed by atoms with Crippen LogP contribution >= 0.6 is 11.6 Å². The van der Waals surface area contributed by atoms with Crippen molar-refractivity contribution in [2.24, 2.45) is 0 Å². The highest BCUT2D eigenvalue weighted by Gasteiger charge is 2.26. The van der Waals surface area contributed by atoms with Gasteiger partial charge < -0.3 is 4.74 Å². The molecule has 0 aromatic heterocycles. The standard InChI is InChI=1S/C18H20ClFN2O3S/c19-16-12-15(20)6-7-18(16)26(23,24)21-13-17(14-4-2-1-3-5-14)22-8-10-25-11-9-22/h1-7,12,17,21H,8-11,13H2/t17-/m1/s1. The molecule has 1 aliphatic rings. The van der Waals surface area contributed by atoms with Gasteiger partial charge in [-0.25, -0.2) is 17.5 Å². The second kappa shape index (κ2) is 8.45. The molecule has 8 heteroatoms. The van der Waals surface area contributed by atoms with Gasteiger partial charge in [0.15, 0.2) is 0 Å². The first-order valence-corrected chi connectivity index (χ1v) is 10.1. The predicted molar refractivity (Wildman–Crippen MR) is 98.2 cm³/mol. The van der Waals surface area contributed by atoms with Crippen molar-refractivity contribution in [1.82, 2.24) is 9.62 Å². The molecule has 1 atom stereocenters. The number of ether oxygens (including phenoxy) is 1. The molecule has 1 fully saturated rings. The molecule has 0 bridgehead atoms. The van der Waals surface area contributed by atoms with Crippen molar-refractivity contribution in [3.05, 3.63) is 64.9 Å². The molecule has 1 heterocycles. The van der Waals surface area contributed by atoms with E-state index in [1.807, 2.05) is 30.3 Å². The highest BCUT2D eigenvalue weighted by Crippen LogP contribution is 2.24. The van der Waals surface area contributed by atoms with Crippen molar-refractivity contribution in [3.63, 3.8) is 0 Å². The van der Waals surface area contributed by atoms with Crippen LogP contribution in [0.25, 0.3) is 0 Å². The van der Waals surface area contributed by atoms with E-state index in [-0.39, 0.29) is 22.5 Å². The monoisotopic (exact) mass is 398 g/mol. The Kier molecular flexibility index (Phi) is 6.26. The lowest BCUT2D eigenvalue weighted by molar-refractivity contribution is 0.0172. The third-order valence-electron chi connectivity index (χ3n) is 4.32. The quantitative estimate of drug-likeness (QED) is 0.812. The van der Waals surface area contributed by atoms with Gasteiger partial charge in [0.05, 0.1) is 18.2 Å². The summed E-state index contributed by atoms with van der Waals surface area (Å²) in [6, 6.07) is 12.8. The molecule has 0 radical (unpaired) electrons. The maximum atomic E-state index is 13.2. The minimum Gasteiger partial charge on any atom is -0.379 e. The fraction of sp³-hybridized carbons (Fsp3) is 0.333. The summed E-state index contributed by atoms with van der Waals surface area (Å²) in [7, 11) is -3.86. The van der Waals surface area contributed by atoms with Crippen LogP contribution in [0.4, 0.5) is 4.39 Å². The number of morpholine rings is 1. The van der Waals surface area contributed by atoms with Gasteiger partial charge in [-0.3, -0.25) is 4.90 Å². The van der Waals surface area contributed by atoms with Crippen LogP contribution in [0.2, 0.25) is 5.02 Å². The topological polar surface area (TPSA) is 58.6 Å². The average molecular weight is 399 g/mol. The highest BCUT2D eigenvalue weighted by atomic mass is 35.5. The Balaban J connectivity index is 1.80. The molecule has 1 aliphatic heterocycles. The molecular weight excluding hydrogens is 379 g/mol. The predicted octanol–water partition coefficient (Wildman–Crippen LogP) is 2.83. The summed E-state index contributed by atoms with van der Waals surface area (Å²) in [5, 5.41) is -0.139. The van der Waals surface area contributed by atoms with Crippen LogP contribution in [0, 0.1) is 5.82 Å². The van der Waals surface area contributed by atoms with E-state index >= 15 is 0 Å². The normalized spacial score (nSPS) is 17.2. The largest absolute Gasteiger partial charge is 0.379 e. The lowest BCUT2D eigenvalue weighted by atomic mass is 10.1. The highest BCUT2D eigenvalue weighted by molar-refractivity contribution is 7.89. The molecule has 1 N–H and O–H groups in total. The molecule has 3 rings (SSSR count). The minimum absolute atomic E-state index is 0.130. The van der Waals surface area contributed by atoms with Crippen molar-refractivity contribution in [3.8, 4) is 0 Å². The lowest BCUT2D eigenvalue weighted by Gasteiger charge is -2.34. The minimum atomic E-state index is -3.86. The molecule has 2 aromatic carbocycles. The smallest absolute Gasteiger partial charge is 0.242 e. The van der Waals surface area contributed by atoms with E-state index in [2.05, 4.69) is 9.62 Å². The molecular formula is C18H20ClFN2O3S. The van der Waals surface area contributed by atoms with Crippen LogP contribution in [0.3, 0.4) is 0 Å². The summed E-state index contributed by atoms with van der Waals surface area (Å²) in [6.07, 6.45) is 0. The zero-order valence-corrected chi connectivity index (χ0v) is 15.6. The Morgan fingerprint density at radius 1 is 1.15 bits per heavy atom. The van der Waals surface area contributed by atoms with Crippen LogP contribution in [-0.4, -0.2) is 46.2 Å². The van der Waals surface area contributed by atoms with Crippen LogP contribution in [0.1, 0.15) is 11.6 Å². The average Bonchev–Trinajstić information content (AvgIpc) is 2.63. The number of halogens is 2. The molecule has 5 nitrogen and oxygen atoms in total. The molecule has 0 amide bonds. The fourth-order valence-corrected chi connectivity index (χ4v) is 4.55. The molecule has 0 aliphatic carbocycles. The van der Waals surface area contributed by atoms with Crippen LogP contribution in [-0.2, 0) is 14.8 Å². The van der Waals surface area contributed by atoms with Gasteiger partial charge in [0.25, 0.3) is 0 Å². The zero-order valence-electron chi connectivity index (χ0n) is 14.1. The van der Waals surface area contributed by atoms with Gasteiger partial charge in [0.2, 0.25) is 10.0 Å². The molecule has 1 saturated heterocycles. The van der Waals surface area contributed by atoms with Gasteiger partial charge in [-0.1, -0.05) is 41.9 Å². The van der Waals surface area contributed by atoms with Gasteiger partial charge in [-0.15, -0.1) is 0 Å². The van der Waals surface area contributed by atoms with Crippen molar-refractivity contribution in [1.29, 1.82) is 0 Å². The van der Waals surface area contributed by atoms with E-state index in [1.165, 1.54) is 6.07 Å². The number of hydrogen-bond acceptors (Lipinski definition) is 4. The summed E-state index contributed by atoms with van der Waals surface area (Å²) >= 11 is 5.91. The van der Waals surface area contributed by atoms with Crippen molar-refractivity contribution < 1.29 is 17.5 Å². The van der Waals surface area contributed by atoms with E-state index in [0.717, 1.165) is 30.8 Å². The van der Waals surface area contributed by atoms with Gasteiger partial charge in [0.1, 0.15) is 10.7 Å².